The fourth-order valence-corrected chi connectivity index (χ4v) is 3.56. The highest BCUT2D eigenvalue weighted by Gasteiger charge is 2.31. The molecule has 1 aliphatic rings. The minimum Gasteiger partial charge on any atom is -0.397 e. The van der Waals surface area contributed by atoms with Gasteiger partial charge in [0, 0.05) is 31.7 Å². The molecular formula is C23H41ClN8O2. The Morgan fingerprint density at radius 1 is 1.12 bits per heavy atom. The second-order valence-electron chi connectivity index (χ2n) is 7.87. The number of fused-ring (bicyclic) bond motifs is 1. The Morgan fingerprint density at radius 3 is 2.24 bits per heavy atom. The summed E-state index contributed by atoms with van der Waals surface area (Å²) in [5, 5.41) is 12.8. The number of nitrogen functional groups attached to an aromatic ring is 1. The molecule has 0 aliphatic heterocycles. The fraction of sp³-hybridized carbons (Fsp3) is 0.696. The summed E-state index contributed by atoms with van der Waals surface area (Å²) in [7, 11) is 5.01. The van der Waals surface area contributed by atoms with E-state index in [-0.39, 0.29) is 0 Å². The Bertz CT molecular complexity index is 1010. The minimum atomic E-state index is -0.417. The zero-order valence-corrected chi connectivity index (χ0v) is 23.0. The fourth-order valence-electron chi connectivity index (χ4n) is 3.38. The first kappa shape index (κ1) is 29.7. The smallest absolute Gasteiger partial charge is 0.177 e. The quantitative estimate of drug-likeness (QED) is 0.392. The normalized spacial score (nSPS) is 17.3. The van der Waals surface area contributed by atoms with E-state index in [9.17, 15) is 0 Å². The number of tetrazole rings is 1. The van der Waals surface area contributed by atoms with Gasteiger partial charge in [0.2, 0.25) is 0 Å². The van der Waals surface area contributed by atoms with Crippen molar-refractivity contribution in [3.05, 3.63) is 22.9 Å². The van der Waals surface area contributed by atoms with Gasteiger partial charge in [-0.1, -0.05) is 39.3 Å². The molecule has 1 fully saturated rings. The third-order valence-corrected chi connectivity index (χ3v) is 5.98. The van der Waals surface area contributed by atoms with Crippen molar-refractivity contribution in [2.24, 2.45) is 7.05 Å². The van der Waals surface area contributed by atoms with E-state index in [1.807, 2.05) is 48.5 Å². The maximum Gasteiger partial charge on any atom is 0.177 e. The van der Waals surface area contributed by atoms with Gasteiger partial charge < -0.3 is 19.8 Å². The van der Waals surface area contributed by atoms with E-state index in [2.05, 4.69) is 29.9 Å². The average Bonchev–Trinajstić information content (AvgIpc) is 3.60. The molecule has 34 heavy (non-hydrogen) atoms. The summed E-state index contributed by atoms with van der Waals surface area (Å²) >= 11 is 6.19. The summed E-state index contributed by atoms with van der Waals surface area (Å²) in [4.78, 5) is 10.4. The van der Waals surface area contributed by atoms with Crippen LogP contribution in [0.4, 0.5) is 5.69 Å². The van der Waals surface area contributed by atoms with Gasteiger partial charge in [0.15, 0.2) is 17.3 Å². The van der Waals surface area contributed by atoms with Crippen molar-refractivity contribution in [3.63, 3.8) is 0 Å². The highest BCUT2D eigenvalue weighted by molar-refractivity contribution is 6.31. The van der Waals surface area contributed by atoms with Crippen LogP contribution in [0.2, 0.25) is 5.15 Å². The summed E-state index contributed by atoms with van der Waals surface area (Å²) < 4.78 is 11.8. The van der Waals surface area contributed by atoms with E-state index >= 15 is 0 Å². The van der Waals surface area contributed by atoms with Gasteiger partial charge in [-0.3, -0.25) is 0 Å². The highest BCUT2D eigenvalue weighted by atomic mass is 35.5. The second-order valence-corrected chi connectivity index (χ2v) is 8.23. The van der Waals surface area contributed by atoms with Crippen molar-refractivity contribution in [1.29, 1.82) is 0 Å². The van der Waals surface area contributed by atoms with Crippen LogP contribution in [0.15, 0.2) is 6.33 Å². The van der Waals surface area contributed by atoms with Crippen molar-refractivity contribution in [2.75, 3.05) is 20.0 Å². The maximum atomic E-state index is 6.19. The third kappa shape index (κ3) is 7.10. The number of halogens is 1. The first-order chi connectivity index (χ1) is 16.2. The number of ether oxygens (including phenoxy) is 2. The summed E-state index contributed by atoms with van der Waals surface area (Å²) in [5.41, 5.74) is 8.96. The van der Waals surface area contributed by atoms with Crippen LogP contribution >= 0.6 is 11.6 Å². The maximum absolute atomic E-state index is 6.19. The van der Waals surface area contributed by atoms with Gasteiger partial charge in [0.1, 0.15) is 10.7 Å². The Morgan fingerprint density at radius 2 is 1.74 bits per heavy atom. The lowest BCUT2D eigenvalue weighted by Gasteiger charge is -2.19. The van der Waals surface area contributed by atoms with Crippen LogP contribution in [0.1, 0.15) is 84.2 Å². The molecule has 1 saturated carbocycles. The average molecular weight is 497 g/mol. The zero-order valence-electron chi connectivity index (χ0n) is 22.3. The Kier molecular flexibility index (Phi) is 11.9. The van der Waals surface area contributed by atoms with E-state index in [0.29, 0.717) is 28.3 Å². The Labute approximate surface area is 208 Å². The van der Waals surface area contributed by atoms with Crippen LogP contribution in [-0.2, 0) is 16.5 Å². The first-order valence-corrected chi connectivity index (χ1v) is 12.2. The van der Waals surface area contributed by atoms with Gasteiger partial charge >= 0.3 is 0 Å². The molecule has 11 heteroatoms. The van der Waals surface area contributed by atoms with Gasteiger partial charge in [-0.25, -0.2) is 9.97 Å². The van der Waals surface area contributed by atoms with Gasteiger partial charge in [0.25, 0.3) is 0 Å². The summed E-state index contributed by atoms with van der Waals surface area (Å²) in [6.07, 6.45) is 4.78. The number of rotatable bonds is 4. The molecule has 4 rings (SSSR count). The monoisotopic (exact) mass is 496 g/mol. The van der Waals surface area contributed by atoms with Crippen molar-refractivity contribution < 1.29 is 9.47 Å². The van der Waals surface area contributed by atoms with Crippen LogP contribution in [0.3, 0.4) is 0 Å². The molecule has 0 spiro atoms. The van der Waals surface area contributed by atoms with E-state index in [1.165, 1.54) is 4.80 Å². The molecule has 0 amide bonds. The van der Waals surface area contributed by atoms with E-state index in [0.717, 1.165) is 36.3 Å². The molecule has 0 radical (unpaired) electrons. The molecule has 2 N–H and O–H groups in total. The molecule has 3 heterocycles. The number of pyridine rings is 1. The minimum absolute atomic E-state index is 0.291. The van der Waals surface area contributed by atoms with Crippen LogP contribution in [0, 0.1) is 6.92 Å². The molecule has 3 aromatic rings. The Balaban J connectivity index is 0.000000450. The number of aromatic nitrogens is 7. The molecule has 2 unspecified atom stereocenters. The number of methoxy groups -OCH3 is 2. The zero-order chi connectivity index (χ0) is 26.1. The van der Waals surface area contributed by atoms with E-state index in [4.69, 9.17) is 26.8 Å². The summed E-state index contributed by atoms with van der Waals surface area (Å²) in [6.45, 7) is 13.6. The third-order valence-electron chi connectivity index (χ3n) is 5.61. The molecule has 2 atom stereocenters. The first-order valence-electron chi connectivity index (χ1n) is 11.8. The van der Waals surface area contributed by atoms with Gasteiger partial charge in [-0.2, -0.15) is 4.80 Å². The lowest BCUT2D eigenvalue weighted by Crippen LogP contribution is -2.24. The number of anilines is 1. The molecule has 192 valence electrons. The summed E-state index contributed by atoms with van der Waals surface area (Å²) in [6, 6.07) is 0.291. The predicted molar refractivity (Wildman–Crippen MR) is 137 cm³/mol. The van der Waals surface area contributed by atoms with Crippen molar-refractivity contribution in [3.8, 4) is 0 Å². The molecule has 1 aliphatic carbocycles. The number of imidazole rings is 1. The van der Waals surface area contributed by atoms with Crippen LogP contribution in [-0.4, -0.2) is 54.7 Å². The number of aryl methyl sites for hydroxylation is 1. The number of hydrogen-bond donors (Lipinski definition) is 1. The molecule has 10 nitrogen and oxygen atoms in total. The van der Waals surface area contributed by atoms with Crippen LogP contribution < -0.4 is 5.73 Å². The van der Waals surface area contributed by atoms with Gasteiger partial charge in [0.05, 0.1) is 19.1 Å². The van der Waals surface area contributed by atoms with Crippen molar-refractivity contribution in [1.82, 2.24) is 34.7 Å². The molecule has 0 saturated heterocycles. The van der Waals surface area contributed by atoms with Gasteiger partial charge in [-0.05, 0) is 45.2 Å². The SMILES string of the molecule is CC.CC.COC(C)(C)OC.Cc1c(Cl)nc2c(ncn2C2CCC(c3nnn(C)n3)C2)c1N. The molecular weight excluding hydrogens is 456 g/mol. The number of hydrogen-bond acceptors (Lipinski definition) is 8. The van der Waals surface area contributed by atoms with Crippen LogP contribution in [0.5, 0.6) is 0 Å². The predicted octanol–water partition coefficient (Wildman–Crippen LogP) is 5.08. The van der Waals surface area contributed by atoms with Crippen LogP contribution in [0.25, 0.3) is 11.2 Å². The van der Waals surface area contributed by atoms with Gasteiger partial charge in [-0.15, -0.1) is 10.2 Å². The molecule has 0 aromatic carbocycles. The van der Waals surface area contributed by atoms with Crippen molar-refractivity contribution in [2.45, 2.75) is 85.5 Å². The lowest BCUT2D eigenvalue weighted by atomic mass is 10.1. The summed E-state index contributed by atoms with van der Waals surface area (Å²) in [5.74, 6) is 0.699. The Hall–Kier alpha value is -2.30. The second kappa shape index (κ2) is 13.6. The van der Waals surface area contributed by atoms with E-state index < -0.39 is 5.79 Å². The number of nitrogens with zero attached hydrogens (tertiary/aromatic N) is 7. The lowest BCUT2D eigenvalue weighted by molar-refractivity contribution is -0.178. The van der Waals surface area contributed by atoms with Crippen molar-refractivity contribution >= 4 is 28.5 Å². The highest BCUT2D eigenvalue weighted by Crippen LogP contribution is 2.41. The largest absolute Gasteiger partial charge is 0.397 e. The molecule has 3 aromatic heterocycles. The molecule has 0 bridgehead atoms. The van der Waals surface area contributed by atoms with E-state index in [1.54, 1.807) is 27.6 Å². The topological polar surface area (TPSA) is 119 Å². The standard InChI is InChI=1S/C14H17ClN8.C5H12O2.2C2H6/c1-7-10(16)11-14(18-12(7)15)23(6-17-11)9-4-3-8(5-9)13-19-21-22(2)20-13;1-5(2,6-3)7-4;2*1-2/h6,8-9H,3-5H2,1-2H3,(H2,16,18);1-4H3;2*1-2H3. The number of nitrogens with two attached hydrogens (primary N) is 1.